The van der Waals surface area contributed by atoms with E-state index in [0.29, 0.717) is 0 Å². The Balaban J connectivity index is 0.00000208. The Labute approximate surface area is 166 Å². The van der Waals surface area contributed by atoms with Gasteiger partial charge in [0.2, 0.25) is 0 Å². The number of nitrogens with zero attached hydrogens (tertiary/aromatic N) is 1. The van der Waals surface area contributed by atoms with Crippen molar-refractivity contribution in [1.82, 2.24) is 4.90 Å². The molecule has 1 aromatic rings. The zero-order chi connectivity index (χ0) is 17.0. The van der Waals surface area contributed by atoms with Gasteiger partial charge in [-0.05, 0) is 26.0 Å². The number of β-lactam (4-membered cyclic amide) rings is 1. The van der Waals surface area contributed by atoms with Gasteiger partial charge in [0, 0.05) is 4.75 Å². The van der Waals surface area contributed by atoms with E-state index in [4.69, 9.17) is 4.18 Å². The smallest absolute Gasteiger partial charge is 0.548 e. The van der Waals surface area contributed by atoms with Crippen molar-refractivity contribution in [2.24, 2.45) is 0 Å². The van der Waals surface area contributed by atoms with E-state index >= 15 is 0 Å². The summed E-state index contributed by atoms with van der Waals surface area (Å²) < 4.78 is 28.7. The fourth-order valence-electron chi connectivity index (χ4n) is 2.83. The number of amides is 1. The Hall–Kier alpha value is -0.580. The quantitative estimate of drug-likeness (QED) is 0.305. The molecule has 3 rings (SSSR count). The summed E-state index contributed by atoms with van der Waals surface area (Å²) in [6.45, 7) is 3.35. The summed E-state index contributed by atoms with van der Waals surface area (Å²) in [5.74, 6) is -2.01. The molecule has 1 amide bonds. The predicted molar refractivity (Wildman–Crippen MR) is 79.6 cm³/mol. The molecular formula is C14H14NNaO6S2. The number of carbonyl (C=O) groups is 2. The molecule has 3 atom stereocenters. The minimum Gasteiger partial charge on any atom is -0.548 e. The van der Waals surface area contributed by atoms with Crippen LogP contribution in [-0.2, 0) is 23.9 Å². The normalized spacial score (nSPS) is 27.8. The average Bonchev–Trinajstić information content (AvgIpc) is 2.74. The molecule has 0 aromatic heterocycles. The van der Waals surface area contributed by atoms with Crippen LogP contribution in [0.15, 0.2) is 35.2 Å². The molecule has 124 valence electrons. The Bertz CT molecular complexity index is 767. The maximum atomic E-state index is 12.2. The molecule has 0 bridgehead atoms. The molecule has 1 aromatic carbocycles. The number of aliphatic carboxylic acids is 1. The number of carboxylic acids is 1. The molecule has 7 nitrogen and oxygen atoms in total. The second kappa shape index (κ2) is 6.62. The van der Waals surface area contributed by atoms with Gasteiger partial charge < -0.3 is 14.8 Å². The first-order valence-corrected chi connectivity index (χ1v) is 9.13. The van der Waals surface area contributed by atoms with Gasteiger partial charge in [0.15, 0.2) is 6.10 Å². The van der Waals surface area contributed by atoms with Gasteiger partial charge in [-0.1, -0.05) is 18.2 Å². The zero-order valence-electron chi connectivity index (χ0n) is 13.3. The number of carboxylic acid groups (broad SMARTS) is 1. The fourth-order valence-corrected chi connectivity index (χ4v) is 5.55. The number of fused-ring (bicyclic) bond motifs is 1. The van der Waals surface area contributed by atoms with Crippen LogP contribution in [0.25, 0.3) is 0 Å². The van der Waals surface area contributed by atoms with E-state index in [1.165, 1.54) is 23.9 Å². The molecule has 2 saturated heterocycles. The Morgan fingerprint density at radius 1 is 1.29 bits per heavy atom. The molecule has 2 aliphatic rings. The van der Waals surface area contributed by atoms with Crippen molar-refractivity contribution >= 4 is 33.8 Å². The molecule has 0 radical (unpaired) electrons. The van der Waals surface area contributed by atoms with E-state index in [1.54, 1.807) is 32.0 Å². The number of hydrogen-bond donors (Lipinski definition) is 0. The number of hydrogen-bond acceptors (Lipinski definition) is 7. The summed E-state index contributed by atoms with van der Waals surface area (Å²) in [6, 6.07) is 6.38. The van der Waals surface area contributed by atoms with Crippen molar-refractivity contribution < 1.29 is 56.9 Å². The minimum absolute atomic E-state index is 0. The maximum absolute atomic E-state index is 12.2. The van der Waals surface area contributed by atoms with Crippen molar-refractivity contribution in [2.75, 3.05) is 0 Å². The first kappa shape index (κ1) is 19.7. The van der Waals surface area contributed by atoms with Crippen LogP contribution in [-0.4, -0.2) is 47.5 Å². The second-order valence-electron chi connectivity index (χ2n) is 5.86. The van der Waals surface area contributed by atoms with Crippen molar-refractivity contribution in [3.05, 3.63) is 30.3 Å². The zero-order valence-corrected chi connectivity index (χ0v) is 17.0. The number of thioether (sulfide) groups is 1. The van der Waals surface area contributed by atoms with E-state index in [2.05, 4.69) is 0 Å². The van der Waals surface area contributed by atoms with Crippen LogP contribution in [0.4, 0.5) is 0 Å². The van der Waals surface area contributed by atoms with Crippen LogP contribution in [0, 0.1) is 0 Å². The summed E-state index contributed by atoms with van der Waals surface area (Å²) in [7, 11) is -4.09. The number of benzene rings is 1. The molecule has 24 heavy (non-hydrogen) atoms. The Kier molecular flexibility index (Phi) is 5.44. The van der Waals surface area contributed by atoms with Gasteiger partial charge in [0.05, 0.1) is 16.9 Å². The monoisotopic (exact) mass is 379 g/mol. The molecule has 0 spiro atoms. The van der Waals surface area contributed by atoms with Gasteiger partial charge in [-0.15, -0.1) is 11.8 Å². The predicted octanol–water partition coefficient (Wildman–Crippen LogP) is -3.42. The third-order valence-electron chi connectivity index (χ3n) is 3.88. The Morgan fingerprint density at radius 3 is 2.42 bits per heavy atom. The molecule has 0 aliphatic carbocycles. The van der Waals surface area contributed by atoms with Gasteiger partial charge in [-0.2, -0.15) is 8.42 Å². The molecule has 0 unspecified atom stereocenters. The van der Waals surface area contributed by atoms with Crippen LogP contribution in [0.2, 0.25) is 0 Å². The third-order valence-corrected chi connectivity index (χ3v) is 6.73. The van der Waals surface area contributed by atoms with E-state index in [-0.39, 0.29) is 34.5 Å². The molecule has 0 saturated carbocycles. The maximum Gasteiger partial charge on any atom is 1.00 e. The van der Waals surface area contributed by atoms with E-state index in [1.807, 2.05) is 0 Å². The van der Waals surface area contributed by atoms with Crippen molar-refractivity contribution in [3.8, 4) is 0 Å². The van der Waals surface area contributed by atoms with E-state index < -0.39 is 44.3 Å². The minimum atomic E-state index is -4.09. The first-order chi connectivity index (χ1) is 10.6. The Morgan fingerprint density at radius 2 is 1.88 bits per heavy atom. The van der Waals surface area contributed by atoms with E-state index in [9.17, 15) is 23.1 Å². The van der Waals surface area contributed by atoms with Gasteiger partial charge in [0.1, 0.15) is 5.37 Å². The summed E-state index contributed by atoms with van der Waals surface area (Å²) in [5.41, 5.74) is 0. The van der Waals surface area contributed by atoms with Gasteiger partial charge in [0.25, 0.3) is 16.0 Å². The van der Waals surface area contributed by atoms with Crippen molar-refractivity contribution in [1.29, 1.82) is 0 Å². The van der Waals surface area contributed by atoms with E-state index in [0.717, 1.165) is 4.90 Å². The van der Waals surface area contributed by atoms with Gasteiger partial charge in [-0.3, -0.25) is 4.79 Å². The van der Waals surface area contributed by atoms with Crippen LogP contribution in [0.1, 0.15) is 13.8 Å². The third kappa shape index (κ3) is 3.13. The van der Waals surface area contributed by atoms with Gasteiger partial charge >= 0.3 is 29.6 Å². The molecular weight excluding hydrogens is 365 g/mol. The van der Waals surface area contributed by atoms with Crippen LogP contribution in [0.3, 0.4) is 0 Å². The molecule has 2 fully saturated rings. The standard InChI is InChI=1S/C14H15NO6S2.Na/c1-14(2)10(13(17)18)15-11(16)9(12(15)22-14)21-23(19,20)8-6-4-3-5-7-8;/h3-7,9-10,12H,1-2H3,(H,17,18);/q;+1/p-1/t9-,10+,12-;/m1./s1. The number of rotatable bonds is 4. The molecule has 10 heteroatoms. The van der Waals surface area contributed by atoms with Crippen LogP contribution >= 0.6 is 11.8 Å². The summed E-state index contributed by atoms with van der Waals surface area (Å²) in [5, 5.41) is 10.6. The topological polar surface area (TPSA) is 104 Å². The summed E-state index contributed by atoms with van der Waals surface area (Å²) >= 11 is 1.20. The summed E-state index contributed by atoms with van der Waals surface area (Å²) in [4.78, 5) is 24.6. The summed E-state index contributed by atoms with van der Waals surface area (Å²) in [6.07, 6.45) is -1.21. The largest absolute Gasteiger partial charge is 1.00 e. The average molecular weight is 379 g/mol. The molecule has 2 aliphatic heterocycles. The van der Waals surface area contributed by atoms with Gasteiger partial charge in [-0.25, -0.2) is 4.18 Å². The number of carbonyl (C=O) groups excluding carboxylic acids is 2. The SMILES string of the molecule is CC1(C)S[C@@H]2[C@H](OS(=O)(=O)c3ccccc3)C(=O)N2[C@H]1C(=O)[O-].[Na+]. The fraction of sp³-hybridized carbons (Fsp3) is 0.429. The van der Waals surface area contributed by atoms with Crippen molar-refractivity contribution in [3.63, 3.8) is 0 Å². The first-order valence-electron chi connectivity index (χ1n) is 6.84. The second-order valence-corrected chi connectivity index (χ2v) is 9.21. The van der Waals surface area contributed by atoms with Crippen molar-refractivity contribution in [2.45, 2.75) is 41.0 Å². The van der Waals surface area contributed by atoms with Crippen LogP contribution in [0.5, 0.6) is 0 Å². The molecule has 2 heterocycles. The van der Waals surface area contributed by atoms with Crippen LogP contribution < -0.4 is 34.7 Å². The molecule has 0 N–H and O–H groups in total.